The van der Waals surface area contributed by atoms with E-state index in [0.29, 0.717) is 0 Å². The number of ether oxygens (including phenoxy) is 1. The van der Waals surface area contributed by atoms with E-state index in [4.69, 9.17) is 5.73 Å². The first kappa shape index (κ1) is 13.2. The zero-order chi connectivity index (χ0) is 13.1. The van der Waals surface area contributed by atoms with Crippen molar-refractivity contribution in [3.8, 4) is 5.75 Å². The highest BCUT2D eigenvalue weighted by Gasteiger charge is 2.30. The largest absolute Gasteiger partial charge is 0.435 e. The Morgan fingerprint density at radius 1 is 1.22 bits per heavy atom. The van der Waals surface area contributed by atoms with Gasteiger partial charge in [-0.05, 0) is 36.5 Å². The maximum Gasteiger partial charge on any atom is 0.387 e. The first-order valence-corrected chi connectivity index (χ1v) is 6.06. The maximum absolute atomic E-state index is 12.0. The van der Waals surface area contributed by atoms with Gasteiger partial charge < -0.3 is 15.6 Å². The molecule has 5 heteroatoms. The molecule has 0 radical (unpaired) electrons. The van der Waals surface area contributed by atoms with Gasteiger partial charge in [-0.25, -0.2) is 0 Å². The molecule has 0 aliphatic heterocycles. The molecule has 0 aromatic heterocycles. The molecule has 0 saturated heterocycles. The molecule has 1 aliphatic rings. The molecule has 0 spiro atoms. The van der Waals surface area contributed by atoms with E-state index in [1.807, 2.05) is 0 Å². The predicted molar refractivity (Wildman–Crippen MR) is 63.4 cm³/mol. The second-order valence-corrected chi connectivity index (χ2v) is 4.65. The predicted octanol–water partition coefficient (Wildman–Crippen LogP) is 2.45. The van der Waals surface area contributed by atoms with Crippen molar-refractivity contribution in [2.75, 3.05) is 0 Å². The Balaban J connectivity index is 1.99. The number of nitrogens with two attached hydrogens (primary N) is 1. The first-order chi connectivity index (χ1) is 8.58. The van der Waals surface area contributed by atoms with E-state index in [-0.39, 0.29) is 11.7 Å². The Morgan fingerprint density at radius 2 is 1.83 bits per heavy atom. The smallest absolute Gasteiger partial charge is 0.387 e. The van der Waals surface area contributed by atoms with Crippen molar-refractivity contribution in [3.63, 3.8) is 0 Å². The standard InChI is InChI=1S/C13H17F2NO2/c14-13(15)18-10-6-4-8(5-7-10)11(16)12(17)9-2-1-3-9/h4-7,9,11-13,17H,1-3,16H2/t11-,12+/m0/s1. The molecule has 0 amide bonds. The van der Waals surface area contributed by atoms with E-state index in [9.17, 15) is 13.9 Å². The van der Waals surface area contributed by atoms with Gasteiger partial charge in [0.15, 0.2) is 0 Å². The molecule has 3 nitrogen and oxygen atoms in total. The fourth-order valence-corrected chi connectivity index (χ4v) is 2.14. The highest BCUT2D eigenvalue weighted by Crippen LogP contribution is 2.34. The van der Waals surface area contributed by atoms with E-state index in [1.54, 1.807) is 12.1 Å². The Morgan fingerprint density at radius 3 is 2.28 bits per heavy atom. The van der Waals surface area contributed by atoms with E-state index < -0.39 is 18.8 Å². The molecule has 18 heavy (non-hydrogen) atoms. The van der Waals surface area contributed by atoms with Crippen LogP contribution < -0.4 is 10.5 Å². The van der Waals surface area contributed by atoms with Gasteiger partial charge in [0.25, 0.3) is 0 Å². The van der Waals surface area contributed by atoms with Crippen molar-refractivity contribution in [3.05, 3.63) is 29.8 Å². The van der Waals surface area contributed by atoms with Crippen molar-refractivity contribution in [2.45, 2.75) is 38.0 Å². The van der Waals surface area contributed by atoms with E-state index in [1.165, 1.54) is 12.1 Å². The maximum atomic E-state index is 12.0. The minimum Gasteiger partial charge on any atom is -0.435 e. The summed E-state index contributed by atoms with van der Waals surface area (Å²) in [5.41, 5.74) is 6.69. The van der Waals surface area contributed by atoms with Crippen LogP contribution in [0.25, 0.3) is 0 Å². The van der Waals surface area contributed by atoms with Crippen molar-refractivity contribution in [1.82, 2.24) is 0 Å². The summed E-state index contributed by atoms with van der Waals surface area (Å²) in [6.07, 6.45) is 2.57. The SMILES string of the molecule is N[C@@H](c1ccc(OC(F)F)cc1)[C@H](O)C1CCC1. The molecule has 2 rings (SSSR count). The third-order valence-electron chi connectivity index (χ3n) is 3.49. The summed E-state index contributed by atoms with van der Waals surface area (Å²) >= 11 is 0. The van der Waals surface area contributed by atoms with Gasteiger partial charge >= 0.3 is 6.61 Å². The van der Waals surface area contributed by atoms with E-state index >= 15 is 0 Å². The fourth-order valence-electron chi connectivity index (χ4n) is 2.14. The van der Waals surface area contributed by atoms with Gasteiger partial charge in [-0.15, -0.1) is 0 Å². The Labute approximate surface area is 105 Å². The first-order valence-electron chi connectivity index (χ1n) is 6.06. The Kier molecular flexibility index (Phi) is 4.14. The quantitative estimate of drug-likeness (QED) is 0.851. The lowest BCUT2D eigenvalue weighted by atomic mass is 9.77. The average molecular weight is 257 g/mol. The van der Waals surface area contributed by atoms with Crippen LogP contribution >= 0.6 is 0 Å². The van der Waals surface area contributed by atoms with Crippen molar-refractivity contribution in [2.24, 2.45) is 11.7 Å². The molecule has 100 valence electrons. The van der Waals surface area contributed by atoms with Gasteiger partial charge in [0.2, 0.25) is 0 Å². The molecule has 0 heterocycles. The summed E-state index contributed by atoms with van der Waals surface area (Å²) < 4.78 is 28.2. The molecular formula is C13H17F2NO2. The topological polar surface area (TPSA) is 55.5 Å². The molecule has 2 atom stereocenters. The lowest BCUT2D eigenvalue weighted by molar-refractivity contribution is -0.0498. The average Bonchev–Trinajstić information content (AvgIpc) is 2.26. The molecule has 1 aromatic carbocycles. The number of aliphatic hydroxyl groups is 1. The summed E-state index contributed by atoms with van der Waals surface area (Å²) in [6, 6.07) is 5.63. The van der Waals surface area contributed by atoms with Gasteiger partial charge in [-0.2, -0.15) is 8.78 Å². The fraction of sp³-hybridized carbons (Fsp3) is 0.538. The Bertz CT molecular complexity index is 379. The van der Waals surface area contributed by atoms with Gasteiger partial charge in [0.1, 0.15) is 5.75 Å². The third-order valence-corrected chi connectivity index (χ3v) is 3.49. The number of aliphatic hydroxyl groups excluding tert-OH is 1. The van der Waals surface area contributed by atoms with Crippen LogP contribution in [0.2, 0.25) is 0 Å². The van der Waals surface area contributed by atoms with Crippen LogP contribution in [0.1, 0.15) is 30.9 Å². The zero-order valence-electron chi connectivity index (χ0n) is 9.93. The molecule has 3 N–H and O–H groups in total. The number of rotatable bonds is 5. The minimum atomic E-state index is -2.83. The van der Waals surface area contributed by atoms with Crippen LogP contribution in [0.5, 0.6) is 5.75 Å². The normalized spacial score (nSPS) is 19.4. The Hall–Kier alpha value is -1.20. The van der Waals surface area contributed by atoms with Gasteiger partial charge in [-0.1, -0.05) is 18.6 Å². The third kappa shape index (κ3) is 2.97. The minimum absolute atomic E-state index is 0.0964. The van der Waals surface area contributed by atoms with E-state index in [2.05, 4.69) is 4.74 Å². The summed E-state index contributed by atoms with van der Waals surface area (Å²) in [5.74, 6) is 0.357. The highest BCUT2D eigenvalue weighted by atomic mass is 19.3. The monoisotopic (exact) mass is 257 g/mol. The van der Waals surface area contributed by atoms with Gasteiger partial charge in [-0.3, -0.25) is 0 Å². The summed E-state index contributed by atoms with van der Waals surface area (Å²) in [7, 11) is 0. The second-order valence-electron chi connectivity index (χ2n) is 4.65. The summed E-state index contributed by atoms with van der Waals surface area (Å²) in [4.78, 5) is 0. The van der Waals surface area contributed by atoms with E-state index in [0.717, 1.165) is 24.8 Å². The zero-order valence-corrected chi connectivity index (χ0v) is 9.93. The number of halogens is 2. The van der Waals surface area contributed by atoms with Gasteiger partial charge in [0, 0.05) is 0 Å². The molecule has 0 unspecified atom stereocenters. The van der Waals surface area contributed by atoms with Crippen LogP contribution in [0, 0.1) is 5.92 Å². The van der Waals surface area contributed by atoms with Crippen LogP contribution in [0.3, 0.4) is 0 Å². The van der Waals surface area contributed by atoms with Crippen molar-refractivity contribution < 1.29 is 18.6 Å². The molecule has 0 bridgehead atoms. The van der Waals surface area contributed by atoms with Crippen LogP contribution in [0.4, 0.5) is 8.78 Å². The number of alkyl halides is 2. The molecule has 1 aliphatic carbocycles. The summed E-state index contributed by atoms with van der Waals surface area (Å²) in [5, 5.41) is 10.0. The second kappa shape index (κ2) is 5.63. The van der Waals surface area contributed by atoms with Crippen molar-refractivity contribution in [1.29, 1.82) is 0 Å². The van der Waals surface area contributed by atoms with Crippen LogP contribution in [-0.2, 0) is 0 Å². The van der Waals surface area contributed by atoms with Crippen LogP contribution in [-0.4, -0.2) is 17.8 Å². The molecule has 1 aromatic rings. The lowest BCUT2D eigenvalue weighted by Gasteiger charge is -2.33. The molecular weight excluding hydrogens is 240 g/mol. The van der Waals surface area contributed by atoms with Crippen molar-refractivity contribution >= 4 is 0 Å². The summed E-state index contributed by atoms with van der Waals surface area (Å²) in [6.45, 7) is -2.83. The van der Waals surface area contributed by atoms with Crippen LogP contribution in [0.15, 0.2) is 24.3 Å². The molecule has 1 fully saturated rings. The number of benzene rings is 1. The molecule has 1 saturated carbocycles. The lowest BCUT2D eigenvalue weighted by Crippen LogP contribution is -2.36. The number of hydrogen-bond donors (Lipinski definition) is 2. The highest BCUT2D eigenvalue weighted by molar-refractivity contribution is 5.29. The number of hydrogen-bond acceptors (Lipinski definition) is 3. The van der Waals surface area contributed by atoms with Gasteiger partial charge in [0.05, 0.1) is 12.1 Å².